The molecule has 0 N–H and O–H groups in total. The van der Waals surface area contributed by atoms with E-state index in [-0.39, 0.29) is 0 Å². The van der Waals surface area contributed by atoms with Crippen molar-refractivity contribution < 1.29 is 0 Å². The number of rotatable bonds is 6. The predicted octanol–water partition coefficient (Wildman–Crippen LogP) is 14.1. The fourth-order valence-electron chi connectivity index (χ4n) is 8.19. The molecular weight excluding hydrogens is 729 g/mol. The van der Waals surface area contributed by atoms with E-state index in [1.54, 1.807) is 0 Å². The molecule has 4 nitrogen and oxygen atoms in total. The summed E-state index contributed by atoms with van der Waals surface area (Å²) in [6.45, 7) is 0. The van der Waals surface area contributed by atoms with Crippen molar-refractivity contribution in [3.63, 3.8) is 0 Å². The Labute approximate surface area is 348 Å². The minimum absolute atomic E-state index is 0.715. The van der Waals surface area contributed by atoms with E-state index in [9.17, 15) is 0 Å². The Kier molecular flexibility index (Phi) is 8.79. The van der Waals surface area contributed by atoms with E-state index < -0.39 is 0 Å². The molecule has 8 aromatic carbocycles. The van der Waals surface area contributed by atoms with Gasteiger partial charge in [0, 0.05) is 21.9 Å². The van der Waals surface area contributed by atoms with Crippen molar-refractivity contribution in [3.8, 4) is 44.5 Å². The second kappa shape index (κ2) is 15.0. The van der Waals surface area contributed by atoms with Gasteiger partial charge < -0.3 is 0 Å². The minimum Gasteiger partial charge on any atom is -0.244 e. The third kappa shape index (κ3) is 6.66. The average molecular weight is 765 g/mol. The van der Waals surface area contributed by atoms with Gasteiger partial charge in [-0.05, 0) is 93.0 Å². The zero-order chi connectivity index (χ0) is 39.8. The van der Waals surface area contributed by atoms with Crippen LogP contribution in [0, 0.1) is 0 Å². The molecule has 0 aliphatic carbocycles. The lowest BCUT2D eigenvalue weighted by Gasteiger charge is -2.19. The normalized spacial score (nSPS) is 13.9. The zero-order valence-electron chi connectivity index (χ0n) is 32.6. The first-order valence-electron chi connectivity index (χ1n) is 20.2. The minimum atomic E-state index is 0.715. The lowest BCUT2D eigenvalue weighted by Crippen LogP contribution is -2.13. The van der Waals surface area contributed by atoms with Gasteiger partial charge >= 0.3 is 0 Å². The maximum Gasteiger partial charge on any atom is 0.116 e. The quantitative estimate of drug-likeness (QED) is 0.169. The Bertz CT molecular complexity index is 3090. The van der Waals surface area contributed by atoms with Crippen LogP contribution < -0.4 is 0 Å². The molecule has 10 aromatic rings. The number of para-hydroxylation sites is 2. The molecule has 1 aliphatic rings. The van der Waals surface area contributed by atoms with Crippen LogP contribution in [0.1, 0.15) is 22.5 Å². The van der Waals surface area contributed by atoms with Crippen LogP contribution in [0.4, 0.5) is 11.4 Å². The summed E-state index contributed by atoms with van der Waals surface area (Å²) in [4.78, 5) is 21.8. The molecule has 1 aliphatic heterocycles. The van der Waals surface area contributed by atoms with E-state index in [1.807, 2.05) is 36.4 Å². The van der Waals surface area contributed by atoms with Crippen molar-refractivity contribution >= 4 is 44.6 Å². The van der Waals surface area contributed by atoms with Gasteiger partial charge in [-0.25, -0.2) is 20.0 Å². The number of fused-ring (bicyclic) bond motifs is 4. The molecule has 0 saturated heterocycles. The number of hydrogen-bond acceptors (Lipinski definition) is 4. The van der Waals surface area contributed by atoms with Crippen molar-refractivity contribution in [2.45, 2.75) is 0 Å². The number of aliphatic imine (C=N–C) groups is 2. The fraction of sp³-hybridized carbons (Fsp3) is 0. The van der Waals surface area contributed by atoms with E-state index in [1.165, 1.54) is 22.3 Å². The van der Waals surface area contributed by atoms with E-state index in [0.717, 1.165) is 78.0 Å². The molecule has 0 saturated carbocycles. The molecule has 0 fully saturated rings. The topological polar surface area (TPSA) is 50.5 Å². The average Bonchev–Trinajstić information content (AvgIpc) is 3.32. The number of aromatic nitrogens is 2. The van der Waals surface area contributed by atoms with Crippen molar-refractivity contribution in [1.82, 2.24) is 9.97 Å². The van der Waals surface area contributed by atoms with Gasteiger partial charge in [0.15, 0.2) is 0 Å². The highest BCUT2D eigenvalue weighted by Gasteiger charge is 2.24. The highest BCUT2D eigenvalue weighted by molar-refractivity contribution is 6.23. The maximum atomic E-state index is 5.58. The molecular formula is C56H36N4. The Morgan fingerprint density at radius 2 is 0.533 bits per heavy atom. The SMILES string of the molecule is c1ccc(-c2cccc(-c3cccc(/C4=N/c5cc6ccccc6nc5/C(c5cccc(-c6cccc(-c7ccccc7)c6)c5)=N\c5cc6ccccc6nc54)c3)c2)cc1. The van der Waals surface area contributed by atoms with Crippen molar-refractivity contribution in [3.05, 3.63) is 241 Å². The summed E-state index contributed by atoms with van der Waals surface area (Å²) in [7, 11) is 0. The Morgan fingerprint density at radius 1 is 0.233 bits per heavy atom. The predicted molar refractivity (Wildman–Crippen MR) is 249 cm³/mol. The summed E-state index contributed by atoms with van der Waals surface area (Å²) in [6, 6.07) is 76.3. The maximum absolute atomic E-state index is 5.58. The molecule has 0 unspecified atom stereocenters. The summed E-state index contributed by atoms with van der Waals surface area (Å²) in [5, 5.41) is 2.01. The highest BCUT2D eigenvalue weighted by Crippen LogP contribution is 2.37. The van der Waals surface area contributed by atoms with Gasteiger partial charge in [0.25, 0.3) is 0 Å². The number of nitrogens with zero attached hydrogens (tertiary/aromatic N) is 4. The Balaban J connectivity index is 1.11. The number of benzene rings is 8. The van der Waals surface area contributed by atoms with E-state index in [4.69, 9.17) is 20.0 Å². The molecule has 60 heavy (non-hydrogen) atoms. The van der Waals surface area contributed by atoms with Crippen LogP contribution in [-0.4, -0.2) is 21.4 Å². The Hall–Kier alpha value is -8.08. The second-order valence-corrected chi connectivity index (χ2v) is 15.1. The van der Waals surface area contributed by atoms with E-state index >= 15 is 0 Å². The van der Waals surface area contributed by atoms with Crippen LogP contribution in [0.3, 0.4) is 0 Å². The number of pyridine rings is 2. The van der Waals surface area contributed by atoms with Gasteiger partial charge in [-0.15, -0.1) is 0 Å². The van der Waals surface area contributed by atoms with Gasteiger partial charge in [0.1, 0.15) is 11.4 Å². The first-order valence-corrected chi connectivity index (χ1v) is 20.2. The number of hydrogen-bond donors (Lipinski definition) is 0. The molecule has 4 heteroatoms. The summed E-state index contributed by atoms with van der Waals surface area (Å²) < 4.78 is 0. The standard InChI is InChI=1S/C56H36N4/c1-3-15-37(16-4-1)39-21-11-23-41(31-39)43-25-13-27-47(33-43)53-55-51(35-45-19-7-9-29-49(45)57-55)60-54(56-52(59-53)36-46-20-8-10-30-50(46)58-56)48-28-14-26-44(34-48)42-24-12-22-40(32-42)38-17-5-2-6-18-38/h1-36H/b55-53?,56-54?,59-52?,59-53-,60-51?,60-54-. The van der Waals surface area contributed by atoms with Crippen molar-refractivity contribution in [1.29, 1.82) is 0 Å². The monoisotopic (exact) mass is 764 g/mol. The lowest BCUT2D eigenvalue weighted by molar-refractivity contribution is 1.27. The third-order valence-corrected chi connectivity index (χ3v) is 11.2. The molecule has 0 bridgehead atoms. The smallest absolute Gasteiger partial charge is 0.116 e. The van der Waals surface area contributed by atoms with Crippen LogP contribution >= 0.6 is 0 Å². The first kappa shape index (κ1) is 35.1. The first-order chi connectivity index (χ1) is 29.7. The summed E-state index contributed by atoms with van der Waals surface area (Å²) in [6.07, 6.45) is 0. The van der Waals surface area contributed by atoms with Crippen LogP contribution in [0.2, 0.25) is 0 Å². The zero-order valence-corrected chi connectivity index (χ0v) is 32.6. The van der Waals surface area contributed by atoms with Crippen molar-refractivity contribution in [2.24, 2.45) is 9.98 Å². The van der Waals surface area contributed by atoms with Crippen LogP contribution in [0.5, 0.6) is 0 Å². The highest BCUT2D eigenvalue weighted by atomic mass is 14.9. The third-order valence-electron chi connectivity index (χ3n) is 11.2. The summed E-state index contributed by atoms with van der Waals surface area (Å²) >= 11 is 0. The largest absolute Gasteiger partial charge is 0.244 e. The summed E-state index contributed by atoms with van der Waals surface area (Å²) in [5.74, 6) is 0. The van der Waals surface area contributed by atoms with Crippen LogP contribution in [0.25, 0.3) is 66.3 Å². The Morgan fingerprint density at radius 3 is 0.933 bits per heavy atom. The second-order valence-electron chi connectivity index (χ2n) is 15.1. The molecule has 3 heterocycles. The molecule has 0 amide bonds. The van der Waals surface area contributed by atoms with Crippen molar-refractivity contribution in [2.75, 3.05) is 0 Å². The molecule has 0 radical (unpaired) electrons. The van der Waals surface area contributed by atoms with E-state index in [2.05, 4.69) is 182 Å². The van der Waals surface area contributed by atoms with E-state index in [0.29, 0.717) is 11.4 Å². The lowest BCUT2D eigenvalue weighted by atomic mass is 9.94. The van der Waals surface area contributed by atoms with Gasteiger partial charge in [-0.2, -0.15) is 0 Å². The summed E-state index contributed by atoms with van der Waals surface area (Å²) in [5.41, 5.74) is 17.1. The van der Waals surface area contributed by atoms with Gasteiger partial charge in [-0.1, -0.05) is 170 Å². The van der Waals surface area contributed by atoms with Crippen LogP contribution in [-0.2, 0) is 0 Å². The van der Waals surface area contributed by atoms with Crippen LogP contribution in [0.15, 0.2) is 228 Å². The molecule has 0 spiro atoms. The molecule has 0 atom stereocenters. The van der Waals surface area contributed by atoms with Gasteiger partial charge in [-0.3, -0.25) is 0 Å². The molecule has 2 aromatic heterocycles. The van der Waals surface area contributed by atoms with Gasteiger partial charge in [0.05, 0.1) is 33.8 Å². The molecule has 280 valence electrons. The van der Waals surface area contributed by atoms with Gasteiger partial charge in [0.2, 0.25) is 0 Å². The fourth-order valence-corrected chi connectivity index (χ4v) is 8.19. The molecule has 11 rings (SSSR count).